The normalized spacial score (nSPS) is 15.8. The summed E-state index contributed by atoms with van der Waals surface area (Å²) in [5, 5.41) is 9.43. The Labute approximate surface area is 118 Å². The molecule has 1 aliphatic rings. The van der Waals surface area contributed by atoms with Gasteiger partial charge in [0, 0.05) is 11.6 Å². The van der Waals surface area contributed by atoms with Crippen LogP contribution >= 0.6 is 0 Å². The van der Waals surface area contributed by atoms with E-state index in [1.807, 2.05) is 13.8 Å². The second kappa shape index (κ2) is 5.23. The number of carboxylic acid groups (broad SMARTS) is 1. The van der Waals surface area contributed by atoms with Crippen molar-refractivity contribution in [2.24, 2.45) is 0 Å². The Balaban J connectivity index is 2.51. The predicted molar refractivity (Wildman–Crippen MR) is 73.9 cm³/mol. The van der Waals surface area contributed by atoms with Gasteiger partial charge < -0.3 is 19.3 Å². The minimum absolute atomic E-state index is 0.00573. The molecule has 1 N–H and O–H groups in total. The zero-order chi connectivity index (χ0) is 14.9. The van der Waals surface area contributed by atoms with E-state index >= 15 is 0 Å². The molecule has 2 rings (SSSR count). The van der Waals surface area contributed by atoms with Crippen LogP contribution in [-0.4, -0.2) is 31.4 Å². The molecule has 0 aromatic heterocycles. The molecule has 110 valence electrons. The third-order valence-corrected chi connectivity index (χ3v) is 3.52. The predicted octanol–water partition coefficient (Wildman–Crippen LogP) is 2.61. The molecule has 0 amide bonds. The molecule has 5 heteroatoms. The van der Waals surface area contributed by atoms with Crippen LogP contribution < -0.4 is 14.2 Å². The first-order chi connectivity index (χ1) is 9.44. The lowest BCUT2D eigenvalue weighted by molar-refractivity contribution is -0.140. The number of benzene rings is 1. The number of hydrogen-bond donors (Lipinski definition) is 1. The van der Waals surface area contributed by atoms with Gasteiger partial charge in [-0.1, -0.05) is 0 Å². The molecule has 0 saturated heterocycles. The minimum Gasteiger partial charge on any atom is -0.496 e. The van der Waals surface area contributed by atoms with Gasteiger partial charge in [-0.2, -0.15) is 0 Å². The maximum atomic E-state index is 11.5. The molecule has 1 saturated carbocycles. The highest BCUT2D eigenvalue weighted by atomic mass is 16.5. The van der Waals surface area contributed by atoms with E-state index in [-0.39, 0.29) is 6.10 Å². The first-order valence-corrected chi connectivity index (χ1v) is 6.61. The summed E-state index contributed by atoms with van der Waals surface area (Å²) in [6, 6.07) is 3.43. The van der Waals surface area contributed by atoms with E-state index < -0.39 is 11.4 Å². The largest absolute Gasteiger partial charge is 0.496 e. The van der Waals surface area contributed by atoms with Gasteiger partial charge in [-0.3, -0.25) is 4.79 Å². The average molecular weight is 280 g/mol. The van der Waals surface area contributed by atoms with Crippen molar-refractivity contribution < 1.29 is 24.1 Å². The van der Waals surface area contributed by atoms with Crippen LogP contribution in [0.3, 0.4) is 0 Å². The number of carbonyl (C=O) groups is 1. The van der Waals surface area contributed by atoms with Crippen molar-refractivity contribution in [1.82, 2.24) is 0 Å². The highest BCUT2D eigenvalue weighted by Crippen LogP contribution is 2.53. The highest BCUT2D eigenvalue weighted by molar-refractivity contribution is 5.86. The quantitative estimate of drug-likeness (QED) is 0.867. The van der Waals surface area contributed by atoms with Crippen LogP contribution in [-0.2, 0) is 10.2 Å². The Bertz CT molecular complexity index is 517. The Morgan fingerprint density at radius 1 is 1.15 bits per heavy atom. The molecular formula is C15H20O5. The van der Waals surface area contributed by atoms with Crippen LogP contribution in [0, 0.1) is 0 Å². The van der Waals surface area contributed by atoms with Crippen LogP contribution in [0.5, 0.6) is 17.2 Å². The fraction of sp³-hybridized carbons (Fsp3) is 0.533. The summed E-state index contributed by atoms with van der Waals surface area (Å²) in [5.41, 5.74) is -0.185. The minimum atomic E-state index is -0.838. The lowest BCUT2D eigenvalue weighted by Gasteiger charge is -2.20. The van der Waals surface area contributed by atoms with E-state index in [2.05, 4.69) is 0 Å². The van der Waals surface area contributed by atoms with Gasteiger partial charge in [-0.25, -0.2) is 0 Å². The van der Waals surface area contributed by atoms with Gasteiger partial charge in [0.15, 0.2) is 11.5 Å². The van der Waals surface area contributed by atoms with E-state index in [1.165, 1.54) is 7.11 Å². The molecule has 0 radical (unpaired) electrons. The van der Waals surface area contributed by atoms with Crippen molar-refractivity contribution in [1.29, 1.82) is 0 Å². The number of rotatable bonds is 6. The Morgan fingerprint density at radius 3 is 2.15 bits per heavy atom. The maximum Gasteiger partial charge on any atom is 0.314 e. The fourth-order valence-corrected chi connectivity index (χ4v) is 2.31. The highest BCUT2D eigenvalue weighted by Gasteiger charge is 2.53. The summed E-state index contributed by atoms with van der Waals surface area (Å²) in [5.74, 6) is 0.794. The van der Waals surface area contributed by atoms with Crippen molar-refractivity contribution in [3.63, 3.8) is 0 Å². The molecular weight excluding hydrogens is 260 g/mol. The number of hydrogen-bond acceptors (Lipinski definition) is 4. The number of aliphatic carboxylic acids is 1. The molecule has 0 heterocycles. The standard InChI is InChI=1S/C15H20O5/c1-9(2)20-13-8-11(18-3)10(7-12(13)19-4)15(5-6-15)14(16)17/h7-9H,5-6H2,1-4H3,(H,16,17). The Kier molecular flexibility index (Phi) is 3.79. The Morgan fingerprint density at radius 2 is 1.75 bits per heavy atom. The third-order valence-electron chi connectivity index (χ3n) is 3.52. The summed E-state index contributed by atoms with van der Waals surface area (Å²) < 4.78 is 16.3. The van der Waals surface area contributed by atoms with Crippen LogP contribution in [0.15, 0.2) is 12.1 Å². The molecule has 1 aliphatic carbocycles. The van der Waals surface area contributed by atoms with Gasteiger partial charge in [0.25, 0.3) is 0 Å². The fourth-order valence-electron chi connectivity index (χ4n) is 2.31. The van der Waals surface area contributed by atoms with Crippen LogP contribution in [0.4, 0.5) is 0 Å². The number of carboxylic acids is 1. The zero-order valence-electron chi connectivity index (χ0n) is 12.2. The molecule has 1 aromatic carbocycles. The van der Waals surface area contributed by atoms with Crippen LogP contribution in [0.2, 0.25) is 0 Å². The monoisotopic (exact) mass is 280 g/mol. The van der Waals surface area contributed by atoms with Crippen molar-refractivity contribution in [3.8, 4) is 17.2 Å². The van der Waals surface area contributed by atoms with Crippen molar-refractivity contribution in [2.45, 2.75) is 38.2 Å². The molecule has 0 bridgehead atoms. The lowest BCUT2D eigenvalue weighted by Crippen LogP contribution is -2.20. The molecule has 1 aromatic rings. The SMILES string of the molecule is COc1cc(C2(C(=O)O)CC2)c(OC)cc1OC(C)C. The van der Waals surface area contributed by atoms with Gasteiger partial charge in [0.05, 0.1) is 25.7 Å². The van der Waals surface area contributed by atoms with Gasteiger partial charge in [-0.15, -0.1) is 0 Å². The number of methoxy groups -OCH3 is 2. The van der Waals surface area contributed by atoms with Crippen molar-refractivity contribution in [2.75, 3.05) is 14.2 Å². The van der Waals surface area contributed by atoms with Gasteiger partial charge >= 0.3 is 5.97 Å². The summed E-state index contributed by atoms with van der Waals surface area (Å²) in [4.78, 5) is 11.5. The molecule has 0 spiro atoms. The van der Waals surface area contributed by atoms with Crippen LogP contribution in [0.25, 0.3) is 0 Å². The second-order valence-electron chi connectivity index (χ2n) is 5.26. The molecule has 5 nitrogen and oxygen atoms in total. The lowest BCUT2D eigenvalue weighted by atomic mass is 9.94. The average Bonchev–Trinajstić information content (AvgIpc) is 3.19. The van der Waals surface area contributed by atoms with E-state index in [0.717, 1.165) is 0 Å². The summed E-state index contributed by atoms with van der Waals surface area (Å²) in [7, 11) is 3.07. The van der Waals surface area contributed by atoms with Gasteiger partial charge in [0.2, 0.25) is 0 Å². The molecule has 0 unspecified atom stereocenters. The van der Waals surface area contributed by atoms with Gasteiger partial charge in [0.1, 0.15) is 5.75 Å². The van der Waals surface area contributed by atoms with E-state index in [9.17, 15) is 9.90 Å². The summed E-state index contributed by atoms with van der Waals surface area (Å²) in [6.45, 7) is 3.83. The van der Waals surface area contributed by atoms with E-state index in [1.54, 1.807) is 19.2 Å². The summed E-state index contributed by atoms with van der Waals surface area (Å²) >= 11 is 0. The summed E-state index contributed by atoms with van der Waals surface area (Å²) in [6.07, 6.45) is 1.23. The molecule has 0 atom stereocenters. The first kappa shape index (κ1) is 14.5. The Hall–Kier alpha value is -1.91. The maximum absolute atomic E-state index is 11.5. The smallest absolute Gasteiger partial charge is 0.314 e. The second-order valence-corrected chi connectivity index (χ2v) is 5.26. The van der Waals surface area contributed by atoms with Crippen LogP contribution in [0.1, 0.15) is 32.3 Å². The topological polar surface area (TPSA) is 65.0 Å². The molecule has 0 aliphatic heterocycles. The zero-order valence-corrected chi connectivity index (χ0v) is 12.2. The first-order valence-electron chi connectivity index (χ1n) is 6.61. The third kappa shape index (κ3) is 2.40. The van der Waals surface area contributed by atoms with E-state index in [4.69, 9.17) is 14.2 Å². The molecule has 20 heavy (non-hydrogen) atoms. The number of ether oxygens (including phenoxy) is 3. The van der Waals surface area contributed by atoms with E-state index in [0.29, 0.717) is 35.7 Å². The van der Waals surface area contributed by atoms with Crippen molar-refractivity contribution >= 4 is 5.97 Å². The van der Waals surface area contributed by atoms with Crippen molar-refractivity contribution in [3.05, 3.63) is 17.7 Å². The van der Waals surface area contributed by atoms with Gasteiger partial charge in [-0.05, 0) is 32.8 Å². The molecule has 1 fully saturated rings.